The van der Waals surface area contributed by atoms with Crippen LogP contribution in [0.5, 0.6) is 0 Å². The SMILES string of the molecule is O=C(C=Cc1ccc(F)c(F)c1)c1ccccc1. The van der Waals surface area contributed by atoms with Crippen LogP contribution >= 0.6 is 0 Å². The van der Waals surface area contributed by atoms with Crippen molar-refractivity contribution >= 4 is 11.9 Å². The van der Waals surface area contributed by atoms with Crippen LogP contribution in [-0.4, -0.2) is 5.78 Å². The molecule has 0 saturated heterocycles. The minimum Gasteiger partial charge on any atom is -0.289 e. The average molecular weight is 244 g/mol. The molecule has 3 heteroatoms. The Bertz CT molecular complexity index is 589. The van der Waals surface area contributed by atoms with Crippen molar-refractivity contribution in [2.45, 2.75) is 0 Å². The Morgan fingerprint density at radius 1 is 0.944 bits per heavy atom. The summed E-state index contributed by atoms with van der Waals surface area (Å²) in [6.07, 6.45) is 2.79. The van der Waals surface area contributed by atoms with Crippen molar-refractivity contribution in [1.82, 2.24) is 0 Å². The summed E-state index contributed by atoms with van der Waals surface area (Å²) in [6, 6.07) is 12.2. The Morgan fingerprint density at radius 2 is 1.67 bits per heavy atom. The molecule has 0 heterocycles. The molecule has 0 aliphatic rings. The van der Waals surface area contributed by atoms with E-state index in [4.69, 9.17) is 0 Å². The van der Waals surface area contributed by atoms with Gasteiger partial charge >= 0.3 is 0 Å². The number of hydrogen-bond acceptors (Lipinski definition) is 1. The molecule has 0 bridgehead atoms. The van der Waals surface area contributed by atoms with E-state index in [9.17, 15) is 13.6 Å². The highest BCUT2D eigenvalue weighted by molar-refractivity contribution is 6.06. The number of benzene rings is 2. The highest BCUT2D eigenvalue weighted by Crippen LogP contribution is 2.11. The lowest BCUT2D eigenvalue weighted by Crippen LogP contribution is -1.93. The van der Waals surface area contributed by atoms with E-state index in [1.54, 1.807) is 24.3 Å². The molecule has 90 valence electrons. The molecule has 2 aromatic carbocycles. The molecular weight excluding hydrogens is 234 g/mol. The predicted molar refractivity (Wildman–Crippen MR) is 66.2 cm³/mol. The second-order valence-corrected chi connectivity index (χ2v) is 3.74. The summed E-state index contributed by atoms with van der Waals surface area (Å²) in [5.74, 6) is -2.01. The van der Waals surface area contributed by atoms with Gasteiger partial charge < -0.3 is 0 Å². The topological polar surface area (TPSA) is 17.1 Å². The molecule has 0 aliphatic heterocycles. The van der Waals surface area contributed by atoms with Gasteiger partial charge in [0.1, 0.15) is 0 Å². The Labute approximate surface area is 103 Å². The minimum absolute atomic E-state index is 0.180. The molecule has 1 nitrogen and oxygen atoms in total. The van der Waals surface area contributed by atoms with Crippen molar-refractivity contribution in [2.75, 3.05) is 0 Å². The van der Waals surface area contributed by atoms with E-state index in [0.717, 1.165) is 12.1 Å². The predicted octanol–water partition coefficient (Wildman–Crippen LogP) is 3.86. The third kappa shape index (κ3) is 2.88. The number of carbonyl (C=O) groups excluding carboxylic acids is 1. The summed E-state index contributed by atoms with van der Waals surface area (Å²) in [7, 11) is 0. The first kappa shape index (κ1) is 12.2. The fourth-order valence-electron chi connectivity index (χ4n) is 1.49. The maximum atomic E-state index is 12.9. The van der Waals surface area contributed by atoms with Crippen LogP contribution in [-0.2, 0) is 0 Å². The second kappa shape index (κ2) is 5.36. The molecule has 2 aromatic rings. The Balaban J connectivity index is 2.16. The quantitative estimate of drug-likeness (QED) is 0.592. The van der Waals surface area contributed by atoms with E-state index in [-0.39, 0.29) is 5.78 Å². The Kier molecular flexibility index (Phi) is 3.63. The molecule has 2 rings (SSSR count). The van der Waals surface area contributed by atoms with Crippen LogP contribution in [0.1, 0.15) is 15.9 Å². The highest BCUT2D eigenvalue weighted by atomic mass is 19.2. The van der Waals surface area contributed by atoms with Crippen molar-refractivity contribution in [3.8, 4) is 0 Å². The zero-order valence-electron chi connectivity index (χ0n) is 9.44. The summed E-state index contributed by atoms with van der Waals surface area (Å²) in [4.78, 5) is 11.7. The number of carbonyl (C=O) groups is 1. The van der Waals surface area contributed by atoms with Crippen molar-refractivity contribution in [1.29, 1.82) is 0 Å². The standard InChI is InChI=1S/C15H10F2O/c16-13-8-6-11(10-14(13)17)7-9-15(18)12-4-2-1-3-5-12/h1-10H. The van der Waals surface area contributed by atoms with Crippen LogP contribution in [0.25, 0.3) is 6.08 Å². The van der Waals surface area contributed by atoms with Crippen LogP contribution in [0.3, 0.4) is 0 Å². The van der Waals surface area contributed by atoms with Crippen molar-refractivity contribution in [3.05, 3.63) is 77.4 Å². The summed E-state index contributed by atoms with van der Waals surface area (Å²) >= 11 is 0. The van der Waals surface area contributed by atoms with Gasteiger partial charge in [-0.05, 0) is 23.8 Å². The summed E-state index contributed by atoms with van der Waals surface area (Å²) in [6.45, 7) is 0. The van der Waals surface area contributed by atoms with E-state index in [1.165, 1.54) is 18.2 Å². The number of ketones is 1. The maximum Gasteiger partial charge on any atom is 0.185 e. The van der Waals surface area contributed by atoms with Crippen LogP contribution in [0, 0.1) is 11.6 Å². The molecule has 0 aromatic heterocycles. The van der Waals surface area contributed by atoms with Gasteiger partial charge in [-0.3, -0.25) is 4.79 Å². The fourth-order valence-corrected chi connectivity index (χ4v) is 1.49. The molecule has 0 N–H and O–H groups in total. The summed E-state index contributed by atoms with van der Waals surface area (Å²) in [5.41, 5.74) is 0.995. The monoisotopic (exact) mass is 244 g/mol. The lowest BCUT2D eigenvalue weighted by atomic mass is 10.1. The summed E-state index contributed by atoms with van der Waals surface area (Å²) in [5, 5.41) is 0. The molecule has 0 aliphatic carbocycles. The third-order valence-electron chi connectivity index (χ3n) is 2.43. The maximum absolute atomic E-state index is 12.9. The van der Waals surface area contributed by atoms with E-state index in [2.05, 4.69) is 0 Å². The van der Waals surface area contributed by atoms with Crippen molar-refractivity contribution in [3.63, 3.8) is 0 Å². The van der Waals surface area contributed by atoms with E-state index in [1.807, 2.05) is 6.07 Å². The largest absolute Gasteiger partial charge is 0.289 e. The van der Waals surface area contributed by atoms with Gasteiger partial charge in [-0.25, -0.2) is 8.78 Å². The lowest BCUT2D eigenvalue weighted by molar-refractivity contribution is 0.104. The fraction of sp³-hybridized carbons (Fsp3) is 0. The zero-order valence-corrected chi connectivity index (χ0v) is 9.44. The number of rotatable bonds is 3. The normalized spacial score (nSPS) is 10.8. The van der Waals surface area contributed by atoms with Crippen LogP contribution in [0.2, 0.25) is 0 Å². The average Bonchev–Trinajstić information content (AvgIpc) is 2.41. The van der Waals surface area contributed by atoms with Gasteiger partial charge in [-0.15, -0.1) is 0 Å². The Morgan fingerprint density at radius 3 is 2.33 bits per heavy atom. The molecule has 0 atom stereocenters. The van der Waals surface area contributed by atoms with Crippen LogP contribution in [0.4, 0.5) is 8.78 Å². The van der Waals surface area contributed by atoms with Gasteiger partial charge in [0, 0.05) is 5.56 Å². The number of halogens is 2. The first-order valence-electron chi connectivity index (χ1n) is 5.39. The van der Waals surface area contributed by atoms with Crippen LogP contribution in [0.15, 0.2) is 54.6 Å². The van der Waals surface area contributed by atoms with Crippen LogP contribution < -0.4 is 0 Å². The van der Waals surface area contributed by atoms with Crippen molar-refractivity contribution < 1.29 is 13.6 Å². The van der Waals surface area contributed by atoms with Gasteiger partial charge in [0.15, 0.2) is 17.4 Å². The molecule has 0 saturated carbocycles. The molecule has 0 spiro atoms. The van der Waals surface area contributed by atoms with Gasteiger partial charge in [0.2, 0.25) is 0 Å². The third-order valence-corrected chi connectivity index (χ3v) is 2.43. The second-order valence-electron chi connectivity index (χ2n) is 3.74. The molecule has 0 radical (unpaired) electrons. The van der Waals surface area contributed by atoms with Crippen molar-refractivity contribution in [2.24, 2.45) is 0 Å². The Hall–Kier alpha value is -2.29. The van der Waals surface area contributed by atoms with Gasteiger partial charge in [-0.1, -0.05) is 42.5 Å². The zero-order chi connectivity index (χ0) is 13.0. The number of allylic oxidation sites excluding steroid dienone is 1. The van der Waals surface area contributed by atoms with E-state index >= 15 is 0 Å². The van der Waals surface area contributed by atoms with Gasteiger partial charge in [0.25, 0.3) is 0 Å². The first-order chi connectivity index (χ1) is 8.66. The van der Waals surface area contributed by atoms with Gasteiger partial charge in [-0.2, -0.15) is 0 Å². The molecule has 0 fully saturated rings. The first-order valence-corrected chi connectivity index (χ1v) is 5.39. The highest BCUT2D eigenvalue weighted by Gasteiger charge is 2.02. The number of hydrogen-bond donors (Lipinski definition) is 0. The van der Waals surface area contributed by atoms with Gasteiger partial charge in [0.05, 0.1) is 0 Å². The molecular formula is C15H10F2O. The smallest absolute Gasteiger partial charge is 0.185 e. The molecule has 0 unspecified atom stereocenters. The summed E-state index contributed by atoms with van der Waals surface area (Å²) < 4.78 is 25.6. The molecule has 18 heavy (non-hydrogen) atoms. The minimum atomic E-state index is -0.927. The molecule has 0 amide bonds. The van der Waals surface area contributed by atoms with E-state index < -0.39 is 11.6 Å². The lowest BCUT2D eigenvalue weighted by Gasteiger charge is -1.96. The van der Waals surface area contributed by atoms with E-state index in [0.29, 0.717) is 11.1 Å².